The smallest absolute Gasteiger partial charge is 0.393 e. The second kappa shape index (κ2) is 19.2. The third-order valence-electron chi connectivity index (χ3n) is 6.40. The summed E-state index contributed by atoms with van der Waals surface area (Å²) in [6.45, 7) is 7.10. The first-order chi connectivity index (χ1) is 15.5. The van der Waals surface area contributed by atoms with Crippen molar-refractivity contribution in [3.63, 3.8) is 0 Å². The number of nitrogens with zero attached hydrogens (tertiary/aromatic N) is 1. The highest BCUT2D eigenvalue weighted by Gasteiger charge is 2.29. The van der Waals surface area contributed by atoms with E-state index < -0.39 is 13.9 Å². The fraction of sp³-hybridized carbons (Fsp3) is 1.00. The number of rotatable bonds is 23. The Morgan fingerprint density at radius 2 is 1.24 bits per heavy atom. The van der Waals surface area contributed by atoms with Gasteiger partial charge in [-0.3, -0.25) is 9.05 Å². The van der Waals surface area contributed by atoms with E-state index >= 15 is 0 Å². The van der Waals surface area contributed by atoms with E-state index in [0.717, 1.165) is 12.8 Å². The molecule has 0 aromatic carbocycles. The minimum atomic E-state index is -4.09. The van der Waals surface area contributed by atoms with Crippen LogP contribution in [-0.2, 0) is 13.6 Å². The average Bonchev–Trinajstić information content (AvgIpc) is 2.70. The first-order valence-electron chi connectivity index (χ1n) is 13.6. The summed E-state index contributed by atoms with van der Waals surface area (Å²) in [5.41, 5.74) is 0. The lowest BCUT2D eigenvalue weighted by Gasteiger charge is -2.27. The number of aliphatic hydroxyl groups excluding tert-OH is 1. The van der Waals surface area contributed by atoms with Gasteiger partial charge in [0.05, 0.1) is 33.9 Å². The van der Waals surface area contributed by atoms with E-state index in [0.29, 0.717) is 17.4 Å². The number of phosphoric ester groups is 1. The number of quaternary nitrogens is 1. The van der Waals surface area contributed by atoms with E-state index in [1.54, 1.807) is 0 Å². The first-order valence-corrected chi connectivity index (χ1v) is 15.1. The summed E-state index contributed by atoms with van der Waals surface area (Å²) in [5, 5.41) is 10.6. The Hall–Kier alpha value is 0.0300. The Morgan fingerprint density at radius 1 is 0.788 bits per heavy atom. The number of unbranched alkanes of at least 4 members (excludes halogenated alkanes) is 12. The molecular weight excluding hydrogens is 437 g/mol. The van der Waals surface area contributed by atoms with E-state index in [1.807, 2.05) is 35.0 Å². The molecule has 0 aliphatic heterocycles. The van der Waals surface area contributed by atoms with E-state index in [4.69, 9.17) is 9.05 Å². The summed E-state index contributed by atoms with van der Waals surface area (Å²) in [6, 6.07) is 0. The Labute approximate surface area is 205 Å². The molecule has 0 saturated heterocycles. The van der Waals surface area contributed by atoms with Crippen molar-refractivity contribution >= 4 is 7.82 Å². The van der Waals surface area contributed by atoms with Gasteiger partial charge < -0.3 is 14.5 Å². The van der Waals surface area contributed by atoms with Gasteiger partial charge in [-0.05, 0) is 12.3 Å². The highest BCUT2D eigenvalue weighted by atomic mass is 31.2. The molecule has 0 amide bonds. The van der Waals surface area contributed by atoms with Gasteiger partial charge in [0.25, 0.3) is 0 Å². The molecule has 0 bridgehead atoms. The molecule has 0 heterocycles. The first kappa shape index (κ1) is 33.0. The van der Waals surface area contributed by atoms with Crippen molar-refractivity contribution in [2.24, 2.45) is 11.8 Å². The molecule has 0 saturated carbocycles. The molecule has 0 aliphatic rings. The molecule has 200 valence electrons. The zero-order valence-electron chi connectivity index (χ0n) is 22.8. The van der Waals surface area contributed by atoms with Crippen LogP contribution in [0.4, 0.5) is 0 Å². The monoisotopic (exact) mass is 494 g/mol. The summed E-state index contributed by atoms with van der Waals surface area (Å²) in [4.78, 5) is 9.95. The van der Waals surface area contributed by atoms with Gasteiger partial charge in [0.1, 0.15) is 13.2 Å². The maximum atomic E-state index is 12.2. The molecular formula is C26H57NO5P+. The standard InChI is InChI=1S/C26H56NO5P/c1-7-8-9-10-11-12-13-14-15-16-17-18-19-20-26(28)25(24(2)3)23-32-33(29,30)31-22-21-27(4,5)6/h24-26,28H,7-23H2,1-6H3/p+1/t25-,26-/m1/s1. The topological polar surface area (TPSA) is 76.0 Å². The van der Waals surface area contributed by atoms with Gasteiger partial charge in [0.2, 0.25) is 0 Å². The van der Waals surface area contributed by atoms with Crippen LogP contribution in [0.15, 0.2) is 0 Å². The molecule has 0 aliphatic carbocycles. The Kier molecular flexibility index (Phi) is 19.3. The molecule has 7 heteroatoms. The van der Waals surface area contributed by atoms with Gasteiger partial charge >= 0.3 is 7.82 Å². The molecule has 6 nitrogen and oxygen atoms in total. The number of hydrogen-bond donors (Lipinski definition) is 2. The zero-order chi connectivity index (χ0) is 25.2. The normalized spacial score (nSPS) is 16.2. The van der Waals surface area contributed by atoms with Crippen molar-refractivity contribution in [1.82, 2.24) is 0 Å². The van der Waals surface area contributed by atoms with Crippen molar-refractivity contribution in [2.45, 2.75) is 117 Å². The predicted octanol–water partition coefficient (Wildman–Crippen LogP) is 6.94. The van der Waals surface area contributed by atoms with Crippen LogP contribution >= 0.6 is 7.82 Å². The summed E-state index contributed by atoms with van der Waals surface area (Å²) in [6.07, 6.45) is 17.1. The third kappa shape index (κ3) is 21.1. The van der Waals surface area contributed by atoms with Crippen LogP contribution in [0.2, 0.25) is 0 Å². The highest BCUT2D eigenvalue weighted by Crippen LogP contribution is 2.44. The van der Waals surface area contributed by atoms with Crippen LogP contribution in [0.5, 0.6) is 0 Å². The van der Waals surface area contributed by atoms with E-state index in [-0.39, 0.29) is 25.0 Å². The van der Waals surface area contributed by atoms with Crippen molar-refractivity contribution in [1.29, 1.82) is 0 Å². The minimum Gasteiger partial charge on any atom is -0.393 e. The second-order valence-electron chi connectivity index (χ2n) is 11.1. The lowest BCUT2D eigenvalue weighted by atomic mass is 9.88. The largest absolute Gasteiger partial charge is 0.472 e. The summed E-state index contributed by atoms with van der Waals surface area (Å²) in [7, 11) is 1.89. The molecule has 33 heavy (non-hydrogen) atoms. The van der Waals surface area contributed by atoms with Gasteiger partial charge in [-0.1, -0.05) is 104 Å². The van der Waals surface area contributed by atoms with Crippen molar-refractivity contribution in [3.8, 4) is 0 Å². The van der Waals surface area contributed by atoms with Gasteiger partial charge in [-0.15, -0.1) is 0 Å². The number of aliphatic hydroxyl groups is 1. The van der Waals surface area contributed by atoms with Gasteiger partial charge in [0.15, 0.2) is 0 Å². The van der Waals surface area contributed by atoms with Crippen LogP contribution in [0.25, 0.3) is 0 Å². The molecule has 0 spiro atoms. The van der Waals surface area contributed by atoms with Crippen LogP contribution in [0.1, 0.15) is 111 Å². The molecule has 0 rings (SSSR count). The lowest BCUT2D eigenvalue weighted by Crippen LogP contribution is -2.37. The van der Waals surface area contributed by atoms with Crippen molar-refractivity contribution in [2.75, 3.05) is 40.9 Å². The molecule has 1 unspecified atom stereocenters. The number of phosphoric acid groups is 1. The fourth-order valence-corrected chi connectivity index (χ4v) is 4.73. The minimum absolute atomic E-state index is 0.0371. The maximum absolute atomic E-state index is 12.2. The number of hydrogen-bond acceptors (Lipinski definition) is 4. The quantitative estimate of drug-likeness (QED) is 0.0914. The Bertz CT molecular complexity index is 496. The zero-order valence-corrected chi connectivity index (χ0v) is 23.7. The van der Waals surface area contributed by atoms with Crippen molar-refractivity contribution in [3.05, 3.63) is 0 Å². The second-order valence-corrected chi connectivity index (χ2v) is 12.6. The predicted molar refractivity (Wildman–Crippen MR) is 139 cm³/mol. The van der Waals surface area contributed by atoms with E-state index in [9.17, 15) is 14.6 Å². The lowest BCUT2D eigenvalue weighted by molar-refractivity contribution is -0.870. The van der Waals surface area contributed by atoms with Gasteiger partial charge in [0, 0.05) is 5.92 Å². The molecule has 0 radical (unpaired) electrons. The summed E-state index contributed by atoms with van der Waals surface area (Å²) < 4.78 is 23.1. The van der Waals surface area contributed by atoms with Crippen molar-refractivity contribution < 1.29 is 28.1 Å². The van der Waals surface area contributed by atoms with Crippen LogP contribution in [0, 0.1) is 11.8 Å². The summed E-state index contributed by atoms with van der Waals surface area (Å²) in [5.74, 6) is -0.0157. The van der Waals surface area contributed by atoms with Crippen LogP contribution in [0.3, 0.4) is 0 Å². The fourth-order valence-electron chi connectivity index (χ4n) is 3.98. The molecule has 2 N–H and O–H groups in total. The third-order valence-corrected chi connectivity index (χ3v) is 7.38. The molecule has 0 aromatic rings. The van der Waals surface area contributed by atoms with E-state index in [1.165, 1.54) is 70.6 Å². The highest BCUT2D eigenvalue weighted by molar-refractivity contribution is 7.47. The number of likely N-dealkylation sites (N-methyl/N-ethyl adjacent to an activating group) is 1. The Morgan fingerprint density at radius 3 is 1.67 bits per heavy atom. The molecule has 3 atom stereocenters. The van der Waals surface area contributed by atoms with E-state index in [2.05, 4.69) is 6.92 Å². The molecule has 0 fully saturated rings. The van der Waals surface area contributed by atoms with Gasteiger partial charge in [-0.2, -0.15) is 0 Å². The SMILES string of the molecule is CCCCCCCCCCCCCCC[C@@H](O)[C@H](COP(=O)(O)OCC[N+](C)(C)C)C(C)C. The molecule has 0 aromatic heterocycles. The van der Waals surface area contributed by atoms with Crippen LogP contribution < -0.4 is 0 Å². The average molecular weight is 495 g/mol. The van der Waals surface area contributed by atoms with Gasteiger partial charge in [-0.25, -0.2) is 4.57 Å². The Balaban J connectivity index is 3.92. The summed E-state index contributed by atoms with van der Waals surface area (Å²) >= 11 is 0. The van der Waals surface area contributed by atoms with Crippen LogP contribution in [-0.4, -0.2) is 61.5 Å². The maximum Gasteiger partial charge on any atom is 0.472 e.